The van der Waals surface area contributed by atoms with E-state index >= 15 is 0 Å². The van der Waals surface area contributed by atoms with Crippen LogP contribution in [-0.4, -0.2) is 33.4 Å². The van der Waals surface area contributed by atoms with Gasteiger partial charge in [-0.3, -0.25) is 14.6 Å². The summed E-state index contributed by atoms with van der Waals surface area (Å²) < 4.78 is 13.9. The van der Waals surface area contributed by atoms with Crippen LogP contribution >= 0.6 is 0 Å². The van der Waals surface area contributed by atoms with Crippen molar-refractivity contribution in [3.8, 4) is 0 Å². The van der Waals surface area contributed by atoms with E-state index in [-0.39, 0.29) is 12.1 Å². The number of aliphatic carboxylic acids is 1. The number of hydrogen-bond acceptors (Lipinski definition) is 3. The highest BCUT2D eigenvalue weighted by Crippen LogP contribution is 2.21. The van der Waals surface area contributed by atoms with Crippen LogP contribution in [0.4, 0.5) is 4.39 Å². The maximum absolute atomic E-state index is 13.9. The van der Waals surface area contributed by atoms with Gasteiger partial charge in [0.2, 0.25) is 0 Å². The van der Waals surface area contributed by atoms with Crippen molar-refractivity contribution >= 4 is 22.8 Å². The normalized spacial score (nSPS) is 10.6. The van der Waals surface area contributed by atoms with Gasteiger partial charge < -0.3 is 10.0 Å². The van der Waals surface area contributed by atoms with Gasteiger partial charge in [0.25, 0.3) is 5.91 Å². The number of carboxylic acid groups (broad SMARTS) is 1. The summed E-state index contributed by atoms with van der Waals surface area (Å²) in [7, 11) is 0. The van der Waals surface area contributed by atoms with Gasteiger partial charge in [0.15, 0.2) is 0 Å². The fourth-order valence-corrected chi connectivity index (χ4v) is 2.66. The minimum atomic E-state index is -1.14. The van der Waals surface area contributed by atoms with Gasteiger partial charge in [-0.05, 0) is 23.8 Å². The van der Waals surface area contributed by atoms with Gasteiger partial charge in [-0.1, -0.05) is 36.4 Å². The van der Waals surface area contributed by atoms with Crippen molar-refractivity contribution in [2.24, 2.45) is 0 Å². The van der Waals surface area contributed by atoms with Crippen molar-refractivity contribution in [1.29, 1.82) is 0 Å². The van der Waals surface area contributed by atoms with Crippen LogP contribution in [0.1, 0.15) is 15.9 Å². The molecule has 0 unspecified atom stereocenters. The van der Waals surface area contributed by atoms with Crippen molar-refractivity contribution in [1.82, 2.24) is 9.88 Å². The number of fused-ring (bicyclic) bond motifs is 1. The van der Waals surface area contributed by atoms with Crippen LogP contribution < -0.4 is 0 Å². The molecule has 0 bridgehead atoms. The summed E-state index contributed by atoms with van der Waals surface area (Å²) in [5.41, 5.74) is 1.18. The van der Waals surface area contributed by atoms with E-state index in [4.69, 9.17) is 5.11 Å². The van der Waals surface area contributed by atoms with Gasteiger partial charge >= 0.3 is 5.97 Å². The van der Waals surface area contributed by atoms with Crippen LogP contribution in [0.2, 0.25) is 0 Å². The number of hydrogen-bond donors (Lipinski definition) is 1. The van der Waals surface area contributed by atoms with Gasteiger partial charge in [-0.2, -0.15) is 0 Å². The number of benzene rings is 2. The Kier molecular flexibility index (Phi) is 4.70. The Morgan fingerprint density at radius 1 is 1.08 bits per heavy atom. The third-order valence-electron chi connectivity index (χ3n) is 3.73. The quantitative estimate of drug-likeness (QED) is 0.776. The first-order valence-corrected chi connectivity index (χ1v) is 7.64. The van der Waals surface area contributed by atoms with Crippen molar-refractivity contribution < 1.29 is 19.1 Å². The molecule has 1 heterocycles. The van der Waals surface area contributed by atoms with Crippen molar-refractivity contribution in [2.75, 3.05) is 6.54 Å². The summed E-state index contributed by atoms with van der Waals surface area (Å²) in [6, 6.07) is 14.7. The summed E-state index contributed by atoms with van der Waals surface area (Å²) >= 11 is 0. The summed E-state index contributed by atoms with van der Waals surface area (Å²) in [6.07, 6.45) is 1.51. The fourth-order valence-electron chi connectivity index (χ4n) is 2.66. The Morgan fingerprint density at radius 2 is 1.84 bits per heavy atom. The molecule has 1 amide bonds. The average Bonchev–Trinajstić information content (AvgIpc) is 2.60. The van der Waals surface area contributed by atoms with Crippen LogP contribution in [0.3, 0.4) is 0 Å². The third-order valence-corrected chi connectivity index (χ3v) is 3.73. The zero-order chi connectivity index (χ0) is 17.8. The van der Waals surface area contributed by atoms with Crippen LogP contribution in [-0.2, 0) is 11.3 Å². The second kappa shape index (κ2) is 7.09. The van der Waals surface area contributed by atoms with Gasteiger partial charge in [0, 0.05) is 18.1 Å². The van der Waals surface area contributed by atoms with Crippen LogP contribution in [0.5, 0.6) is 0 Å². The van der Waals surface area contributed by atoms with E-state index in [2.05, 4.69) is 4.98 Å². The number of amides is 1. The highest BCUT2D eigenvalue weighted by atomic mass is 19.1. The lowest BCUT2D eigenvalue weighted by molar-refractivity contribution is -0.137. The lowest BCUT2D eigenvalue weighted by atomic mass is 10.1. The standard InChI is InChI=1S/C19H15FN2O3/c20-15-9-14-7-4-8-21-18(14)16(10-15)19(25)22(12-17(23)24)11-13-5-2-1-3-6-13/h1-10H,11-12H2,(H,23,24). The molecular weight excluding hydrogens is 323 g/mol. The lowest BCUT2D eigenvalue weighted by Crippen LogP contribution is -2.35. The minimum Gasteiger partial charge on any atom is -0.480 e. The molecule has 0 aliphatic rings. The molecule has 0 saturated heterocycles. The molecule has 2 aromatic carbocycles. The molecule has 0 spiro atoms. The Labute approximate surface area is 143 Å². The predicted molar refractivity (Wildman–Crippen MR) is 90.5 cm³/mol. The van der Waals surface area contributed by atoms with Gasteiger partial charge in [-0.25, -0.2) is 4.39 Å². The Balaban J connectivity index is 2.01. The molecule has 6 heteroatoms. The van der Waals surface area contributed by atoms with E-state index in [1.54, 1.807) is 36.4 Å². The molecular formula is C19H15FN2O3. The summed E-state index contributed by atoms with van der Waals surface area (Å²) in [5, 5.41) is 9.63. The zero-order valence-electron chi connectivity index (χ0n) is 13.2. The number of pyridine rings is 1. The molecule has 0 atom stereocenters. The van der Waals surface area contributed by atoms with Crippen LogP contribution in [0.25, 0.3) is 10.9 Å². The van der Waals surface area contributed by atoms with E-state index in [0.29, 0.717) is 10.9 Å². The number of rotatable bonds is 5. The topological polar surface area (TPSA) is 70.5 Å². The van der Waals surface area contributed by atoms with Gasteiger partial charge in [0.05, 0.1) is 11.1 Å². The predicted octanol–water partition coefficient (Wildman–Crippen LogP) is 3.10. The number of halogens is 1. The monoisotopic (exact) mass is 338 g/mol. The van der Waals surface area contributed by atoms with Gasteiger partial charge in [-0.15, -0.1) is 0 Å². The molecule has 0 radical (unpaired) electrons. The molecule has 0 aliphatic carbocycles. The Hall–Kier alpha value is -3.28. The second-order valence-corrected chi connectivity index (χ2v) is 5.57. The van der Waals surface area contributed by atoms with E-state index in [0.717, 1.165) is 11.6 Å². The van der Waals surface area contributed by atoms with E-state index in [1.807, 2.05) is 6.07 Å². The molecule has 1 N–H and O–H groups in total. The smallest absolute Gasteiger partial charge is 0.323 e. The minimum absolute atomic E-state index is 0.0489. The first kappa shape index (κ1) is 16.6. The molecule has 0 aliphatic heterocycles. The zero-order valence-corrected chi connectivity index (χ0v) is 13.2. The average molecular weight is 338 g/mol. The first-order chi connectivity index (χ1) is 12.0. The van der Waals surface area contributed by atoms with E-state index < -0.39 is 24.2 Å². The number of nitrogens with zero attached hydrogens (tertiary/aromatic N) is 2. The summed E-state index contributed by atoms with van der Waals surface area (Å²) in [5.74, 6) is -2.29. The molecule has 1 aromatic heterocycles. The molecule has 25 heavy (non-hydrogen) atoms. The number of carbonyl (C=O) groups excluding carboxylic acids is 1. The maximum atomic E-state index is 13.9. The number of carboxylic acids is 1. The first-order valence-electron chi connectivity index (χ1n) is 7.64. The van der Waals surface area contributed by atoms with Crippen LogP contribution in [0.15, 0.2) is 60.8 Å². The van der Waals surface area contributed by atoms with Crippen molar-refractivity contribution in [3.05, 3.63) is 77.7 Å². The molecule has 5 nitrogen and oxygen atoms in total. The Bertz CT molecular complexity index is 928. The molecule has 0 fully saturated rings. The maximum Gasteiger partial charge on any atom is 0.323 e. The fraction of sp³-hybridized carbons (Fsp3) is 0.105. The second-order valence-electron chi connectivity index (χ2n) is 5.57. The van der Waals surface area contributed by atoms with Crippen LogP contribution in [0, 0.1) is 5.82 Å². The van der Waals surface area contributed by atoms with E-state index in [9.17, 15) is 14.0 Å². The van der Waals surface area contributed by atoms with Crippen molar-refractivity contribution in [3.63, 3.8) is 0 Å². The largest absolute Gasteiger partial charge is 0.480 e. The summed E-state index contributed by atoms with van der Waals surface area (Å²) in [4.78, 5) is 29.4. The van der Waals surface area contributed by atoms with Gasteiger partial charge in [0.1, 0.15) is 12.4 Å². The lowest BCUT2D eigenvalue weighted by Gasteiger charge is -2.21. The van der Waals surface area contributed by atoms with Crippen molar-refractivity contribution in [2.45, 2.75) is 6.54 Å². The molecule has 126 valence electrons. The molecule has 0 saturated carbocycles. The Morgan fingerprint density at radius 3 is 2.56 bits per heavy atom. The highest BCUT2D eigenvalue weighted by Gasteiger charge is 2.22. The molecule has 3 rings (SSSR count). The third kappa shape index (κ3) is 3.80. The highest BCUT2D eigenvalue weighted by molar-refractivity contribution is 6.06. The summed E-state index contributed by atoms with van der Waals surface area (Å²) in [6.45, 7) is -0.380. The number of aromatic nitrogens is 1. The van der Waals surface area contributed by atoms with E-state index in [1.165, 1.54) is 17.2 Å². The number of carbonyl (C=O) groups is 2. The molecule has 3 aromatic rings. The SMILES string of the molecule is O=C(O)CN(Cc1ccccc1)C(=O)c1cc(F)cc2cccnc12.